The molecular formula is C24H25NO4. The SMILES string of the molecule is COc1cc2c3c(c4cc(OC)c(OC)cc4c2cc1OC)CN1CCCC1=C3. The van der Waals surface area contributed by atoms with Gasteiger partial charge < -0.3 is 23.8 Å². The van der Waals surface area contributed by atoms with Crippen LogP contribution in [0.25, 0.3) is 27.6 Å². The van der Waals surface area contributed by atoms with Crippen LogP contribution in [0.3, 0.4) is 0 Å². The molecule has 0 aromatic heterocycles. The molecule has 3 aromatic carbocycles. The van der Waals surface area contributed by atoms with Crippen LogP contribution in [0.2, 0.25) is 0 Å². The first-order valence-electron chi connectivity index (χ1n) is 9.90. The van der Waals surface area contributed by atoms with E-state index in [9.17, 15) is 0 Å². The standard InChI is InChI=1S/C24H25NO4/c1-26-21-9-16-15-8-14-6-5-7-25(14)13-20(15)19-12-24(29-4)23(28-3)11-18(19)17(16)10-22(21)27-2/h8-12H,5-7,13H2,1-4H3. The topological polar surface area (TPSA) is 40.2 Å². The fraction of sp³-hybridized carbons (Fsp3) is 0.333. The molecule has 3 aromatic rings. The van der Waals surface area contributed by atoms with E-state index in [4.69, 9.17) is 18.9 Å². The fourth-order valence-electron chi connectivity index (χ4n) is 4.77. The molecule has 0 radical (unpaired) electrons. The lowest BCUT2D eigenvalue weighted by molar-refractivity contribution is 0.355. The molecule has 2 aliphatic rings. The molecule has 0 atom stereocenters. The van der Waals surface area contributed by atoms with E-state index in [0.717, 1.165) is 53.3 Å². The third-order valence-corrected chi connectivity index (χ3v) is 6.21. The Bertz CT molecular complexity index is 1170. The van der Waals surface area contributed by atoms with Gasteiger partial charge in [0.1, 0.15) is 0 Å². The van der Waals surface area contributed by atoms with E-state index in [0.29, 0.717) is 0 Å². The van der Waals surface area contributed by atoms with Gasteiger partial charge in [0.25, 0.3) is 0 Å². The number of benzene rings is 3. The van der Waals surface area contributed by atoms with Gasteiger partial charge in [-0.3, -0.25) is 0 Å². The minimum absolute atomic E-state index is 0.724. The van der Waals surface area contributed by atoms with Crippen LogP contribution in [-0.2, 0) is 6.54 Å². The number of methoxy groups -OCH3 is 4. The van der Waals surface area contributed by atoms with Crippen LogP contribution in [-0.4, -0.2) is 39.9 Å². The smallest absolute Gasteiger partial charge is 0.161 e. The predicted octanol–water partition coefficient (Wildman–Crippen LogP) is 4.98. The molecule has 0 unspecified atom stereocenters. The molecule has 5 heteroatoms. The largest absolute Gasteiger partial charge is 0.493 e. The van der Waals surface area contributed by atoms with Crippen molar-refractivity contribution in [3.8, 4) is 23.0 Å². The van der Waals surface area contributed by atoms with Crippen LogP contribution < -0.4 is 18.9 Å². The molecule has 0 amide bonds. The molecule has 1 saturated heterocycles. The second-order valence-electron chi connectivity index (χ2n) is 7.56. The van der Waals surface area contributed by atoms with Crippen molar-refractivity contribution in [2.24, 2.45) is 0 Å². The molecule has 2 heterocycles. The summed E-state index contributed by atoms with van der Waals surface area (Å²) in [6.07, 6.45) is 4.71. The summed E-state index contributed by atoms with van der Waals surface area (Å²) in [6.45, 7) is 2.03. The van der Waals surface area contributed by atoms with Gasteiger partial charge in [0, 0.05) is 18.8 Å². The first-order valence-corrected chi connectivity index (χ1v) is 9.90. The Morgan fingerprint density at radius 1 is 0.690 bits per heavy atom. The number of rotatable bonds is 4. The van der Waals surface area contributed by atoms with Crippen molar-refractivity contribution in [3.05, 3.63) is 41.1 Å². The van der Waals surface area contributed by atoms with Gasteiger partial charge in [-0.2, -0.15) is 0 Å². The molecule has 150 valence electrons. The molecule has 0 saturated carbocycles. The average molecular weight is 391 g/mol. The second kappa shape index (κ2) is 6.76. The molecule has 0 aliphatic carbocycles. The zero-order chi connectivity index (χ0) is 20.1. The maximum atomic E-state index is 5.62. The Labute approximate surface area is 170 Å². The number of ether oxygens (including phenoxy) is 4. The van der Waals surface area contributed by atoms with Crippen LogP contribution >= 0.6 is 0 Å². The normalized spacial score (nSPS) is 15.2. The van der Waals surface area contributed by atoms with E-state index in [1.54, 1.807) is 28.4 Å². The lowest BCUT2D eigenvalue weighted by Gasteiger charge is -2.29. The van der Waals surface area contributed by atoms with E-state index < -0.39 is 0 Å². The monoisotopic (exact) mass is 391 g/mol. The Kier molecular flexibility index (Phi) is 4.19. The van der Waals surface area contributed by atoms with Gasteiger partial charge in [-0.15, -0.1) is 0 Å². The van der Waals surface area contributed by atoms with Gasteiger partial charge in [-0.25, -0.2) is 0 Å². The Morgan fingerprint density at radius 2 is 1.21 bits per heavy atom. The molecule has 0 spiro atoms. The van der Waals surface area contributed by atoms with E-state index in [2.05, 4.69) is 35.2 Å². The lowest BCUT2D eigenvalue weighted by atomic mass is 9.88. The van der Waals surface area contributed by atoms with Crippen LogP contribution in [0.4, 0.5) is 0 Å². The summed E-state index contributed by atoms with van der Waals surface area (Å²) in [5.41, 5.74) is 4.02. The van der Waals surface area contributed by atoms with E-state index in [-0.39, 0.29) is 0 Å². The van der Waals surface area contributed by atoms with Gasteiger partial charge >= 0.3 is 0 Å². The number of hydrogen-bond donors (Lipinski definition) is 0. The van der Waals surface area contributed by atoms with Gasteiger partial charge in [0.15, 0.2) is 23.0 Å². The van der Waals surface area contributed by atoms with Gasteiger partial charge in [0.05, 0.1) is 28.4 Å². The summed E-state index contributed by atoms with van der Waals surface area (Å²) in [6, 6.07) is 8.36. The van der Waals surface area contributed by atoms with Crippen LogP contribution in [0.15, 0.2) is 30.0 Å². The summed E-state index contributed by atoms with van der Waals surface area (Å²) in [5.74, 6) is 2.94. The highest BCUT2D eigenvalue weighted by atomic mass is 16.5. The van der Waals surface area contributed by atoms with Crippen molar-refractivity contribution in [2.75, 3.05) is 35.0 Å². The number of hydrogen-bond acceptors (Lipinski definition) is 5. The highest BCUT2D eigenvalue weighted by molar-refractivity contribution is 6.14. The third kappa shape index (κ3) is 2.60. The van der Waals surface area contributed by atoms with Gasteiger partial charge in [0.2, 0.25) is 0 Å². The third-order valence-electron chi connectivity index (χ3n) is 6.21. The number of fused-ring (bicyclic) bond motifs is 7. The molecule has 5 nitrogen and oxygen atoms in total. The van der Waals surface area contributed by atoms with Crippen LogP contribution in [0, 0.1) is 0 Å². The minimum Gasteiger partial charge on any atom is -0.493 e. The van der Waals surface area contributed by atoms with Crippen molar-refractivity contribution in [1.82, 2.24) is 4.90 Å². The first-order chi connectivity index (χ1) is 14.2. The minimum atomic E-state index is 0.724. The molecule has 5 rings (SSSR count). The van der Waals surface area contributed by atoms with Gasteiger partial charge in [-0.1, -0.05) is 0 Å². The number of allylic oxidation sites excluding steroid dienone is 1. The highest BCUT2D eigenvalue weighted by Crippen LogP contribution is 2.46. The summed E-state index contributed by atoms with van der Waals surface area (Å²) in [5, 5.41) is 4.63. The van der Waals surface area contributed by atoms with Crippen molar-refractivity contribution in [3.63, 3.8) is 0 Å². The zero-order valence-electron chi connectivity index (χ0n) is 17.3. The molecule has 1 fully saturated rings. The van der Waals surface area contributed by atoms with E-state index >= 15 is 0 Å². The van der Waals surface area contributed by atoms with Crippen LogP contribution in [0.1, 0.15) is 24.0 Å². The molecule has 0 bridgehead atoms. The second-order valence-corrected chi connectivity index (χ2v) is 7.56. The molecular weight excluding hydrogens is 366 g/mol. The van der Waals surface area contributed by atoms with Crippen LogP contribution in [0.5, 0.6) is 23.0 Å². The van der Waals surface area contributed by atoms with Crippen molar-refractivity contribution in [2.45, 2.75) is 19.4 Å². The Balaban J connectivity index is 1.94. The Morgan fingerprint density at radius 3 is 1.79 bits per heavy atom. The molecule has 29 heavy (non-hydrogen) atoms. The highest BCUT2D eigenvalue weighted by Gasteiger charge is 2.27. The maximum absolute atomic E-state index is 5.62. The summed E-state index contributed by atoms with van der Waals surface area (Å²) in [7, 11) is 6.71. The fourth-order valence-corrected chi connectivity index (χ4v) is 4.77. The lowest BCUT2D eigenvalue weighted by Crippen LogP contribution is -2.21. The van der Waals surface area contributed by atoms with Gasteiger partial charge in [-0.05, 0) is 75.9 Å². The first kappa shape index (κ1) is 18.0. The quantitative estimate of drug-likeness (QED) is 0.587. The number of nitrogens with zero attached hydrogens (tertiary/aromatic N) is 1. The van der Waals surface area contributed by atoms with E-state index in [1.165, 1.54) is 34.0 Å². The Hall–Kier alpha value is -3.08. The summed E-state index contributed by atoms with van der Waals surface area (Å²) in [4.78, 5) is 2.49. The maximum Gasteiger partial charge on any atom is 0.161 e. The summed E-state index contributed by atoms with van der Waals surface area (Å²) < 4.78 is 22.4. The van der Waals surface area contributed by atoms with Crippen molar-refractivity contribution in [1.29, 1.82) is 0 Å². The van der Waals surface area contributed by atoms with E-state index in [1.807, 2.05) is 0 Å². The van der Waals surface area contributed by atoms with Crippen molar-refractivity contribution < 1.29 is 18.9 Å². The summed E-state index contributed by atoms with van der Waals surface area (Å²) >= 11 is 0. The zero-order valence-corrected chi connectivity index (χ0v) is 17.3. The molecule has 2 aliphatic heterocycles. The predicted molar refractivity (Wildman–Crippen MR) is 115 cm³/mol. The van der Waals surface area contributed by atoms with Crippen molar-refractivity contribution >= 4 is 27.6 Å². The average Bonchev–Trinajstić information content (AvgIpc) is 3.23. The molecule has 0 N–H and O–H groups in total.